The molecule has 0 aliphatic rings. The van der Waals surface area contributed by atoms with Crippen LogP contribution in [0.15, 0.2) is 6.20 Å². The molecular formula is C13H25N3S. The van der Waals surface area contributed by atoms with Gasteiger partial charge in [-0.15, -0.1) is 0 Å². The van der Waals surface area contributed by atoms with E-state index in [-0.39, 0.29) is 0 Å². The zero-order chi connectivity index (χ0) is 12.7. The van der Waals surface area contributed by atoms with Crippen LogP contribution in [0.5, 0.6) is 0 Å². The highest BCUT2D eigenvalue weighted by molar-refractivity contribution is 7.99. The van der Waals surface area contributed by atoms with E-state index in [1.807, 2.05) is 18.0 Å². The Bertz CT molecular complexity index is 320. The molecule has 1 aromatic heterocycles. The van der Waals surface area contributed by atoms with E-state index in [9.17, 15) is 0 Å². The molecule has 0 atom stereocenters. The van der Waals surface area contributed by atoms with Crippen molar-refractivity contribution in [3.63, 3.8) is 0 Å². The monoisotopic (exact) mass is 255 g/mol. The second-order valence-corrected chi connectivity index (χ2v) is 5.93. The maximum atomic E-state index is 4.41. The SMILES string of the molecule is CCSCCCn1c(CNC(C)C)cnc1C. The van der Waals surface area contributed by atoms with Crippen LogP contribution in [0.4, 0.5) is 0 Å². The lowest BCUT2D eigenvalue weighted by atomic mass is 10.3. The maximum Gasteiger partial charge on any atom is 0.105 e. The van der Waals surface area contributed by atoms with Crippen molar-refractivity contribution >= 4 is 11.8 Å². The van der Waals surface area contributed by atoms with Crippen molar-refractivity contribution in [1.82, 2.24) is 14.9 Å². The highest BCUT2D eigenvalue weighted by atomic mass is 32.2. The Hall–Kier alpha value is -0.480. The lowest BCUT2D eigenvalue weighted by Crippen LogP contribution is -2.23. The molecule has 0 spiro atoms. The van der Waals surface area contributed by atoms with Crippen molar-refractivity contribution in [1.29, 1.82) is 0 Å². The summed E-state index contributed by atoms with van der Waals surface area (Å²) in [6.07, 6.45) is 3.22. The Morgan fingerprint density at radius 1 is 1.47 bits per heavy atom. The Morgan fingerprint density at radius 2 is 2.24 bits per heavy atom. The van der Waals surface area contributed by atoms with Crippen molar-refractivity contribution < 1.29 is 0 Å². The Labute approximate surface area is 109 Å². The van der Waals surface area contributed by atoms with Gasteiger partial charge in [-0.1, -0.05) is 20.8 Å². The van der Waals surface area contributed by atoms with Crippen LogP contribution in [0, 0.1) is 6.92 Å². The predicted octanol–water partition coefficient (Wildman–Crippen LogP) is 2.83. The lowest BCUT2D eigenvalue weighted by molar-refractivity contribution is 0.548. The van der Waals surface area contributed by atoms with Gasteiger partial charge in [0.15, 0.2) is 0 Å². The average molecular weight is 255 g/mol. The van der Waals surface area contributed by atoms with Gasteiger partial charge in [-0.25, -0.2) is 4.98 Å². The van der Waals surface area contributed by atoms with E-state index in [0.717, 1.165) is 18.9 Å². The summed E-state index contributed by atoms with van der Waals surface area (Å²) in [5, 5.41) is 3.45. The van der Waals surface area contributed by atoms with Gasteiger partial charge in [-0.05, 0) is 24.9 Å². The molecule has 0 aliphatic carbocycles. The zero-order valence-electron chi connectivity index (χ0n) is 11.5. The minimum atomic E-state index is 0.523. The number of hydrogen-bond acceptors (Lipinski definition) is 3. The molecule has 1 rings (SSSR count). The summed E-state index contributed by atoms with van der Waals surface area (Å²) < 4.78 is 2.34. The number of thioether (sulfide) groups is 1. The number of aromatic nitrogens is 2. The normalized spacial score (nSPS) is 11.4. The van der Waals surface area contributed by atoms with Crippen molar-refractivity contribution in [3.8, 4) is 0 Å². The summed E-state index contributed by atoms with van der Waals surface area (Å²) in [5.74, 6) is 3.59. The molecule has 1 aromatic rings. The van der Waals surface area contributed by atoms with Crippen molar-refractivity contribution in [3.05, 3.63) is 17.7 Å². The summed E-state index contributed by atoms with van der Waals surface area (Å²) in [4.78, 5) is 4.41. The Morgan fingerprint density at radius 3 is 2.88 bits per heavy atom. The molecule has 0 radical (unpaired) electrons. The molecule has 4 heteroatoms. The molecule has 0 aliphatic heterocycles. The molecule has 0 unspecified atom stereocenters. The molecule has 0 bridgehead atoms. The Kier molecular flexibility index (Phi) is 6.66. The quantitative estimate of drug-likeness (QED) is 0.724. The first-order valence-electron chi connectivity index (χ1n) is 6.47. The number of nitrogens with one attached hydrogen (secondary N) is 1. The second-order valence-electron chi connectivity index (χ2n) is 4.53. The largest absolute Gasteiger partial charge is 0.331 e. The van der Waals surface area contributed by atoms with Crippen molar-refractivity contribution in [2.75, 3.05) is 11.5 Å². The first kappa shape index (κ1) is 14.6. The average Bonchev–Trinajstić information content (AvgIpc) is 2.63. The van der Waals surface area contributed by atoms with Gasteiger partial charge in [0.05, 0.1) is 5.69 Å². The van der Waals surface area contributed by atoms with Crippen LogP contribution in [-0.2, 0) is 13.1 Å². The third-order valence-corrected chi connectivity index (χ3v) is 3.69. The number of hydrogen-bond donors (Lipinski definition) is 1. The molecule has 0 amide bonds. The number of rotatable bonds is 8. The van der Waals surface area contributed by atoms with Crippen LogP contribution < -0.4 is 5.32 Å². The predicted molar refractivity (Wildman–Crippen MR) is 76.6 cm³/mol. The van der Waals surface area contributed by atoms with Gasteiger partial charge in [0.1, 0.15) is 5.82 Å². The van der Waals surface area contributed by atoms with Crippen molar-refractivity contribution in [2.45, 2.75) is 53.2 Å². The van der Waals surface area contributed by atoms with Gasteiger partial charge in [-0.2, -0.15) is 11.8 Å². The molecule has 1 N–H and O–H groups in total. The molecule has 0 fully saturated rings. The molecule has 17 heavy (non-hydrogen) atoms. The van der Waals surface area contributed by atoms with Gasteiger partial charge < -0.3 is 9.88 Å². The van der Waals surface area contributed by atoms with Crippen LogP contribution in [-0.4, -0.2) is 27.1 Å². The van der Waals surface area contributed by atoms with E-state index in [2.05, 4.69) is 42.6 Å². The van der Waals surface area contributed by atoms with Gasteiger partial charge in [0.2, 0.25) is 0 Å². The van der Waals surface area contributed by atoms with Gasteiger partial charge in [-0.3, -0.25) is 0 Å². The first-order valence-corrected chi connectivity index (χ1v) is 7.62. The van der Waals surface area contributed by atoms with Crippen molar-refractivity contribution in [2.24, 2.45) is 0 Å². The summed E-state index contributed by atoms with van der Waals surface area (Å²) in [6, 6.07) is 0.523. The third kappa shape index (κ3) is 5.13. The number of imidazole rings is 1. The van der Waals surface area contributed by atoms with E-state index in [0.29, 0.717) is 6.04 Å². The minimum Gasteiger partial charge on any atom is -0.331 e. The first-order chi connectivity index (χ1) is 8.15. The van der Waals surface area contributed by atoms with Crippen LogP contribution in [0.3, 0.4) is 0 Å². The smallest absolute Gasteiger partial charge is 0.105 e. The van der Waals surface area contributed by atoms with E-state index in [1.165, 1.54) is 23.6 Å². The van der Waals surface area contributed by atoms with Crippen LogP contribution in [0.2, 0.25) is 0 Å². The zero-order valence-corrected chi connectivity index (χ0v) is 12.3. The molecule has 0 aromatic carbocycles. The van der Waals surface area contributed by atoms with E-state index >= 15 is 0 Å². The molecule has 0 saturated heterocycles. The summed E-state index contributed by atoms with van der Waals surface area (Å²) in [6.45, 7) is 10.7. The molecule has 0 saturated carbocycles. The highest BCUT2D eigenvalue weighted by Gasteiger charge is 2.06. The molecule has 3 nitrogen and oxygen atoms in total. The van der Waals surface area contributed by atoms with Gasteiger partial charge in [0, 0.05) is 25.3 Å². The highest BCUT2D eigenvalue weighted by Crippen LogP contribution is 2.09. The summed E-state index contributed by atoms with van der Waals surface area (Å²) in [5.41, 5.74) is 1.30. The topological polar surface area (TPSA) is 29.9 Å². The Balaban J connectivity index is 2.47. The van der Waals surface area contributed by atoms with Crippen LogP contribution in [0.25, 0.3) is 0 Å². The maximum absolute atomic E-state index is 4.41. The van der Waals surface area contributed by atoms with Crippen LogP contribution >= 0.6 is 11.8 Å². The van der Waals surface area contributed by atoms with E-state index in [1.54, 1.807) is 0 Å². The fraction of sp³-hybridized carbons (Fsp3) is 0.769. The minimum absolute atomic E-state index is 0.523. The van der Waals surface area contributed by atoms with E-state index in [4.69, 9.17) is 0 Å². The fourth-order valence-corrected chi connectivity index (χ4v) is 2.36. The lowest BCUT2D eigenvalue weighted by Gasteiger charge is -2.12. The molecule has 1 heterocycles. The molecular weight excluding hydrogens is 230 g/mol. The second kappa shape index (κ2) is 7.77. The standard InChI is InChI=1S/C13H25N3S/c1-5-17-8-6-7-16-12(4)15-10-13(16)9-14-11(2)3/h10-11,14H,5-9H2,1-4H3. The van der Waals surface area contributed by atoms with Crippen LogP contribution in [0.1, 0.15) is 38.7 Å². The van der Waals surface area contributed by atoms with E-state index < -0.39 is 0 Å². The van der Waals surface area contributed by atoms with Gasteiger partial charge in [0.25, 0.3) is 0 Å². The summed E-state index contributed by atoms with van der Waals surface area (Å²) >= 11 is 2.01. The molecule has 98 valence electrons. The number of nitrogens with zero attached hydrogens (tertiary/aromatic N) is 2. The summed E-state index contributed by atoms with van der Waals surface area (Å²) in [7, 11) is 0. The third-order valence-electron chi connectivity index (χ3n) is 2.70. The van der Waals surface area contributed by atoms with Gasteiger partial charge >= 0.3 is 0 Å². The fourth-order valence-electron chi connectivity index (χ4n) is 1.74. The number of aryl methyl sites for hydroxylation is 1.